The second-order valence-corrected chi connectivity index (χ2v) is 12.9. The molecule has 0 rings (SSSR count). The van der Waals surface area contributed by atoms with E-state index in [0.717, 1.165) is 83.5 Å². The lowest BCUT2D eigenvalue weighted by Crippen LogP contribution is -2.45. The van der Waals surface area contributed by atoms with Crippen LogP contribution in [0.5, 0.6) is 0 Å². The van der Waals surface area contributed by atoms with E-state index in [1.54, 1.807) is 6.08 Å². The summed E-state index contributed by atoms with van der Waals surface area (Å²) < 4.78 is 0. The largest absolute Gasteiger partial charge is 0.394 e. The Morgan fingerprint density at radius 3 is 1.40 bits per heavy atom. The van der Waals surface area contributed by atoms with Gasteiger partial charge in [0.05, 0.1) is 18.8 Å². The van der Waals surface area contributed by atoms with Crippen LogP contribution in [0.3, 0.4) is 0 Å². The Hall–Kier alpha value is -2.95. The summed E-state index contributed by atoms with van der Waals surface area (Å²) in [7, 11) is 0. The van der Waals surface area contributed by atoms with Crippen molar-refractivity contribution in [1.82, 2.24) is 5.32 Å². The SMILES string of the molecule is CC/C=C\C/C=C\C/C=C\C/C=C\C/C=C\C/C=C\CCCCC(=O)NC(CO)C(O)/C=C/CC/C=C/CC/C=C/CCCCCCCCC. The Balaban J connectivity index is 3.83. The molecule has 50 heavy (non-hydrogen) atoms. The molecule has 0 aliphatic heterocycles. The zero-order chi connectivity index (χ0) is 36.4. The van der Waals surface area contributed by atoms with Gasteiger partial charge >= 0.3 is 0 Å². The fourth-order valence-corrected chi connectivity index (χ4v) is 5.15. The van der Waals surface area contributed by atoms with Crippen LogP contribution >= 0.6 is 0 Å². The number of carbonyl (C=O) groups excluding carboxylic acids is 1. The maximum atomic E-state index is 12.3. The fourth-order valence-electron chi connectivity index (χ4n) is 5.15. The molecule has 3 N–H and O–H groups in total. The van der Waals surface area contributed by atoms with Crippen LogP contribution in [0.2, 0.25) is 0 Å². The molecule has 0 radical (unpaired) electrons. The number of hydrogen-bond donors (Lipinski definition) is 3. The van der Waals surface area contributed by atoms with E-state index >= 15 is 0 Å². The Bertz CT molecular complexity index is 1010. The molecule has 0 fully saturated rings. The molecule has 0 bridgehead atoms. The standard InChI is InChI=1S/C46H75NO3/c1-3-5-7-9-11-13-15-17-19-21-22-23-24-26-28-30-32-34-36-38-40-42-46(50)47-44(43-48)45(49)41-39-37-35-33-31-29-27-25-20-18-16-14-12-10-8-6-4-2/h5,7,11,13,17,19-20,22-23,25-26,28,31-34,39,41,44-45,48-49H,3-4,6,8-10,12,14-16,18,21,24,27,29-30,35-38,40,42-43H2,1-2H3,(H,47,50)/b7-5-,13-11-,19-17-,23-22-,25-20+,28-26-,33-31+,34-32-,41-39+. The van der Waals surface area contributed by atoms with Gasteiger partial charge in [0, 0.05) is 6.42 Å². The summed E-state index contributed by atoms with van der Waals surface area (Å²) in [4.78, 5) is 12.3. The minimum Gasteiger partial charge on any atom is -0.394 e. The van der Waals surface area contributed by atoms with Crippen molar-refractivity contribution in [2.24, 2.45) is 0 Å². The predicted molar refractivity (Wildman–Crippen MR) is 220 cm³/mol. The summed E-state index contributed by atoms with van der Waals surface area (Å²) in [5.74, 6) is -0.126. The normalized spacial score (nSPS) is 14.2. The molecular weight excluding hydrogens is 615 g/mol. The van der Waals surface area contributed by atoms with Gasteiger partial charge in [-0.2, -0.15) is 0 Å². The van der Waals surface area contributed by atoms with Crippen LogP contribution in [0.15, 0.2) is 109 Å². The van der Waals surface area contributed by atoms with Crippen LogP contribution in [-0.4, -0.2) is 34.9 Å². The predicted octanol–water partition coefficient (Wildman–Crippen LogP) is 12.5. The van der Waals surface area contributed by atoms with Crippen LogP contribution in [0.4, 0.5) is 0 Å². The van der Waals surface area contributed by atoms with E-state index in [2.05, 4.69) is 116 Å². The van der Waals surface area contributed by atoms with E-state index in [1.807, 2.05) is 6.08 Å². The molecule has 2 atom stereocenters. The third-order valence-electron chi connectivity index (χ3n) is 8.22. The molecule has 0 heterocycles. The van der Waals surface area contributed by atoms with E-state index < -0.39 is 12.1 Å². The van der Waals surface area contributed by atoms with E-state index in [1.165, 1.54) is 51.4 Å². The highest BCUT2D eigenvalue weighted by atomic mass is 16.3. The number of amides is 1. The van der Waals surface area contributed by atoms with Crippen molar-refractivity contribution in [3.05, 3.63) is 109 Å². The first-order valence-electron chi connectivity index (χ1n) is 20.1. The van der Waals surface area contributed by atoms with Crippen LogP contribution in [-0.2, 0) is 4.79 Å². The first-order chi connectivity index (χ1) is 24.7. The highest BCUT2D eigenvalue weighted by Gasteiger charge is 2.17. The topological polar surface area (TPSA) is 69.6 Å². The van der Waals surface area contributed by atoms with Crippen molar-refractivity contribution in [2.75, 3.05) is 6.61 Å². The third kappa shape index (κ3) is 36.3. The summed E-state index contributed by atoms with van der Waals surface area (Å²) in [6.07, 6.45) is 61.8. The average Bonchev–Trinajstić information content (AvgIpc) is 3.12. The van der Waals surface area contributed by atoms with Gasteiger partial charge in [0.25, 0.3) is 0 Å². The van der Waals surface area contributed by atoms with Crippen molar-refractivity contribution in [2.45, 2.75) is 167 Å². The molecule has 282 valence electrons. The van der Waals surface area contributed by atoms with Crippen LogP contribution in [0.1, 0.15) is 155 Å². The number of unbranched alkanes of at least 4 members (excludes halogenated alkanes) is 11. The first-order valence-corrected chi connectivity index (χ1v) is 20.1. The average molecular weight is 690 g/mol. The lowest BCUT2D eigenvalue weighted by atomic mass is 10.1. The highest BCUT2D eigenvalue weighted by molar-refractivity contribution is 5.76. The second kappa shape index (κ2) is 40.5. The first kappa shape index (κ1) is 47.1. The van der Waals surface area contributed by atoms with Crippen LogP contribution < -0.4 is 5.32 Å². The lowest BCUT2D eigenvalue weighted by Gasteiger charge is -2.19. The maximum Gasteiger partial charge on any atom is 0.220 e. The molecule has 4 nitrogen and oxygen atoms in total. The summed E-state index contributed by atoms with van der Waals surface area (Å²) >= 11 is 0. The molecule has 0 aromatic heterocycles. The van der Waals surface area contributed by atoms with Gasteiger partial charge in [-0.15, -0.1) is 0 Å². The van der Waals surface area contributed by atoms with Crippen molar-refractivity contribution < 1.29 is 15.0 Å². The van der Waals surface area contributed by atoms with E-state index in [9.17, 15) is 15.0 Å². The van der Waals surface area contributed by atoms with Crippen molar-refractivity contribution in [1.29, 1.82) is 0 Å². The quantitative estimate of drug-likeness (QED) is 0.0465. The maximum absolute atomic E-state index is 12.3. The van der Waals surface area contributed by atoms with Crippen molar-refractivity contribution in [3.8, 4) is 0 Å². The number of allylic oxidation sites excluding steroid dienone is 17. The van der Waals surface area contributed by atoms with Gasteiger partial charge in [-0.3, -0.25) is 4.79 Å². The molecular formula is C46H75NO3. The third-order valence-corrected chi connectivity index (χ3v) is 8.22. The van der Waals surface area contributed by atoms with Gasteiger partial charge in [0.2, 0.25) is 5.91 Å². The summed E-state index contributed by atoms with van der Waals surface area (Å²) in [6, 6.07) is -0.675. The summed E-state index contributed by atoms with van der Waals surface area (Å²) in [6.45, 7) is 4.13. The summed E-state index contributed by atoms with van der Waals surface area (Å²) in [5, 5.41) is 22.9. The number of aliphatic hydroxyl groups excluding tert-OH is 2. The molecule has 0 saturated carbocycles. The number of nitrogens with one attached hydrogen (secondary N) is 1. The Labute approximate surface area is 308 Å². The van der Waals surface area contributed by atoms with E-state index in [-0.39, 0.29) is 12.5 Å². The van der Waals surface area contributed by atoms with Crippen molar-refractivity contribution >= 4 is 5.91 Å². The molecule has 4 heteroatoms. The molecule has 1 amide bonds. The monoisotopic (exact) mass is 690 g/mol. The smallest absolute Gasteiger partial charge is 0.220 e. The number of aliphatic hydroxyl groups is 2. The Morgan fingerprint density at radius 2 is 0.900 bits per heavy atom. The van der Waals surface area contributed by atoms with Gasteiger partial charge in [0.1, 0.15) is 0 Å². The molecule has 0 aliphatic carbocycles. The summed E-state index contributed by atoms with van der Waals surface area (Å²) in [5.41, 5.74) is 0. The Morgan fingerprint density at radius 1 is 0.500 bits per heavy atom. The Kier molecular flexibility index (Phi) is 38.1. The molecule has 0 aromatic carbocycles. The van der Waals surface area contributed by atoms with Gasteiger partial charge in [0.15, 0.2) is 0 Å². The lowest BCUT2D eigenvalue weighted by molar-refractivity contribution is -0.123. The van der Waals surface area contributed by atoms with Gasteiger partial charge in [-0.05, 0) is 96.3 Å². The van der Waals surface area contributed by atoms with Crippen LogP contribution in [0, 0.1) is 0 Å². The zero-order valence-corrected chi connectivity index (χ0v) is 32.1. The van der Waals surface area contributed by atoms with Crippen LogP contribution in [0.25, 0.3) is 0 Å². The molecule has 2 unspecified atom stereocenters. The minimum atomic E-state index is -0.895. The number of carbonyl (C=O) groups is 1. The molecule has 0 saturated heterocycles. The number of hydrogen-bond acceptors (Lipinski definition) is 3. The van der Waals surface area contributed by atoms with Gasteiger partial charge in [-0.1, -0.05) is 162 Å². The number of rotatable bonds is 34. The van der Waals surface area contributed by atoms with E-state index in [4.69, 9.17) is 0 Å². The van der Waals surface area contributed by atoms with Crippen molar-refractivity contribution in [3.63, 3.8) is 0 Å². The molecule has 0 aromatic rings. The molecule has 0 aliphatic rings. The van der Waals surface area contributed by atoms with E-state index in [0.29, 0.717) is 6.42 Å². The van der Waals surface area contributed by atoms with Gasteiger partial charge in [-0.25, -0.2) is 0 Å². The second-order valence-electron chi connectivity index (χ2n) is 12.9. The minimum absolute atomic E-state index is 0.126. The highest BCUT2D eigenvalue weighted by Crippen LogP contribution is 2.09. The van der Waals surface area contributed by atoms with Gasteiger partial charge < -0.3 is 15.5 Å². The fraction of sp³-hybridized carbons (Fsp3) is 0.587. The molecule has 0 spiro atoms. The zero-order valence-electron chi connectivity index (χ0n) is 32.1.